The highest BCUT2D eigenvalue weighted by atomic mass is 16.5. The summed E-state index contributed by atoms with van der Waals surface area (Å²) in [6, 6.07) is -0.510. The lowest BCUT2D eigenvalue weighted by molar-refractivity contribution is -0.170. The van der Waals surface area contributed by atoms with Crippen LogP contribution < -0.4 is 0 Å². The van der Waals surface area contributed by atoms with Gasteiger partial charge in [0.05, 0.1) is 6.26 Å². The van der Waals surface area contributed by atoms with E-state index in [0.717, 1.165) is 17.2 Å². The van der Waals surface area contributed by atoms with E-state index in [0.29, 0.717) is 10.8 Å². The highest BCUT2D eigenvalue weighted by Gasteiger charge is 2.22. The van der Waals surface area contributed by atoms with Crippen LogP contribution in [0.4, 0.5) is 0 Å². The maximum Gasteiger partial charge on any atom is 0.270 e. The van der Waals surface area contributed by atoms with Crippen molar-refractivity contribution in [2.75, 3.05) is 0 Å². The van der Waals surface area contributed by atoms with E-state index >= 15 is 0 Å². The first-order valence-corrected chi connectivity index (χ1v) is 4.68. The monoisotopic (exact) mass is 209 g/mol. The van der Waals surface area contributed by atoms with E-state index in [4.69, 9.17) is 4.42 Å². The molecule has 0 aliphatic heterocycles. The highest BCUT2D eigenvalue weighted by Crippen LogP contribution is 2.25. The topological polar surface area (TPSA) is 53.7 Å². The van der Waals surface area contributed by atoms with E-state index in [9.17, 15) is 10.0 Å². The Kier molecular flexibility index (Phi) is 3.31. The average Bonchev–Trinajstić information content (AvgIpc) is 2.56. The van der Waals surface area contributed by atoms with E-state index in [1.54, 1.807) is 13.2 Å². The van der Waals surface area contributed by atoms with Crippen LogP contribution in [0, 0.1) is 13.8 Å². The van der Waals surface area contributed by atoms with Crippen LogP contribution in [0.25, 0.3) is 0 Å². The van der Waals surface area contributed by atoms with Crippen molar-refractivity contribution in [1.82, 2.24) is 5.06 Å². The molecule has 82 valence electrons. The molecule has 0 saturated carbocycles. The minimum atomic E-state index is -0.545. The predicted molar refractivity (Wildman–Crippen MR) is 55.4 cm³/mol. The molecule has 1 unspecified atom stereocenters. The molecule has 1 aromatic rings. The fraction of sp³-hybridized carbons (Fsp3) is 0.364. The third-order valence-electron chi connectivity index (χ3n) is 2.47. The lowest BCUT2D eigenvalue weighted by atomic mass is 10.1. The van der Waals surface area contributed by atoms with Crippen molar-refractivity contribution in [2.45, 2.75) is 26.8 Å². The van der Waals surface area contributed by atoms with Gasteiger partial charge in [-0.15, -0.1) is 0 Å². The van der Waals surface area contributed by atoms with Crippen LogP contribution >= 0.6 is 0 Å². The van der Waals surface area contributed by atoms with Crippen LogP contribution in [-0.2, 0) is 4.79 Å². The number of nitrogens with zero attached hydrogens (tertiary/aromatic N) is 1. The number of aryl methyl sites for hydroxylation is 1. The summed E-state index contributed by atoms with van der Waals surface area (Å²) in [6.07, 6.45) is 2.66. The van der Waals surface area contributed by atoms with Gasteiger partial charge >= 0.3 is 0 Å². The van der Waals surface area contributed by atoms with Crippen molar-refractivity contribution >= 4 is 5.91 Å². The quantitative estimate of drug-likeness (QED) is 0.472. The Morgan fingerprint density at radius 2 is 2.27 bits per heavy atom. The molecule has 1 aromatic heterocycles. The van der Waals surface area contributed by atoms with Gasteiger partial charge in [0.25, 0.3) is 5.91 Å². The first kappa shape index (κ1) is 11.5. The van der Waals surface area contributed by atoms with Crippen molar-refractivity contribution in [2.24, 2.45) is 0 Å². The van der Waals surface area contributed by atoms with Crippen molar-refractivity contribution in [3.8, 4) is 0 Å². The number of hydrogen-bond acceptors (Lipinski definition) is 3. The second kappa shape index (κ2) is 4.31. The van der Waals surface area contributed by atoms with Gasteiger partial charge in [0.2, 0.25) is 0 Å². The Labute approximate surface area is 88.8 Å². The molecule has 0 saturated heterocycles. The molecule has 0 spiro atoms. The molecule has 0 aliphatic rings. The number of carbonyl (C=O) groups is 1. The van der Waals surface area contributed by atoms with Gasteiger partial charge in [-0.1, -0.05) is 6.58 Å². The van der Waals surface area contributed by atoms with Gasteiger partial charge in [0.1, 0.15) is 11.8 Å². The lowest BCUT2D eigenvalue weighted by Crippen LogP contribution is -2.28. The average molecular weight is 209 g/mol. The van der Waals surface area contributed by atoms with E-state index < -0.39 is 11.9 Å². The summed E-state index contributed by atoms with van der Waals surface area (Å²) >= 11 is 0. The summed E-state index contributed by atoms with van der Waals surface area (Å²) in [4.78, 5) is 11.2. The fourth-order valence-electron chi connectivity index (χ4n) is 1.33. The van der Waals surface area contributed by atoms with Crippen LogP contribution in [-0.4, -0.2) is 16.2 Å². The molecule has 0 aliphatic carbocycles. The zero-order valence-electron chi connectivity index (χ0n) is 9.15. The zero-order valence-corrected chi connectivity index (χ0v) is 9.15. The largest absolute Gasteiger partial charge is 0.466 e. The zero-order chi connectivity index (χ0) is 11.6. The van der Waals surface area contributed by atoms with Gasteiger partial charge in [-0.3, -0.25) is 10.0 Å². The van der Waals surface area contributed by atoms with Crippen molar-refractivity contribution in [1.29, 1.82) is 0 Å². The van der Waals surface area contributed by atoms with Crippen LogP contribution in [0.15, 0.2) is 23.3 Å². The van der Waals surface area contributed by atoms with E-state index in [2.05, 4.69) is 6.58 Å². The standard InChI is InChI=1S/C11H15NO3/c1-5-10(13)12(14)9(4)11-8(3)7(2)6-15-11/h5-6,9,14H,1H2,2-4H3. The Morgan fingerprint density at radius 3 is 2.67 bits per heavy atom. The van der Waals surface area contributed by atoms with Gasteiger partial charge < -0.3 is 4.42 Å². The Morgan fingerprint density at radius 1 is 1.67 bits per heavy atom. The molecule has 1 rings (SSSR count). The van der Waals surface area contributed by atoms with E-state index in [-0.39, 0.29) is 0 Å². The molecule has 0 radical (unpaired) electrons. The van der Waals surface area contributed by atoms with Gasteiger partial charge in [-0.25, -0.2) is 5.06 Å². The number of carbonyl (C=O) groups excluding carboxylic acids is 1. The smallest absolute Gasteiger partial charge is 0.270 e. The first-order valence-electron chi connectivity index (χ1n) is 4.68. The number of rotatable bonds is 3. The van der Waals surface area contributed by atoms with E-state index in [1.165, 1.54) is 0 Å². The number of hydrogen-bond donors (Lipinski definition) is 1. The molecular weight excluding hydrogens is 194 g/mol. The molecule has 0 aromatic carbocycles. The second-order valence-corrected chi connectivity index (χ2v) is 3.47. The molecule has 0 bridgehead atoms. The van der Waals surface area contributed by atoms with Gasteiger partial charge in [0, 0.05) is 0 Å². The molecule has 4 heteroatoms. The Bertz CT molecular complexity index is 381. The summed E-state index contributed by atoms with van der Waals surface area (Å²) in [7, 11) is 0. The molecule has 15 heavy (non-hydrogen) atoms. The Hall–Kier alpha value is -1.55. The predicted octanol–water partition coefficient (Wildman–Crippen LogP) is 2.36. The molecule has 1 atom stereocenters. The minimum absolute atomic E-state index is 0.510. The highest BCUT2D eigenvalue weighted by molar-refractivity contribution is 5.86. The summed E-state index contributed by atoms with van der Waals surface area (Å²) < 4.78 is 5.28. The number of amides is 1. The maximum absolute atomic E-state index is 11.2. The summed E-state index contributed by atoms with van der Waals surface area (Å²) in [5, 5.41) is 10.1. The normalized spacial score (nSPS) is 12.3. The SMILES string of the molecule is C=CC(=O)N(O)C(C)c1occ(C)c1C. The molecule has 4 nitrogen and oxygen atoms in total. The summed E-state index contributed by atoms with van der Waals surface area (Å²) in [5.41, 5.74) is 1.94. The third-order valence-corrected chi connectivity index (χ3v) is 2.47. The second-order valence-electron chi connectivity index (χ2n) is 3.47. The first-order chi connectivity index (χ1) is 6.99. The minimum Gasteiger partial charge on any atom is -0.466 e. The summed E-state index contributed by atoms with van der Waals surface area (Å²) in [6.45, 7) is 8.79. The number of hydroxylamine groups is 2. The van der Waals surface area contributed by atoms with Crippen molar-refractivity contribution in [3.05, 3.63) is 35.8 Å². The van der Waals surface area contributed by atoms with Gasteiger partial charge in [0.15, 0.2) is 0 Å². The lowest BCUT2D eigenvalue weighted by Gasteiger charge is -2.19. The fourth-order valence-corrected chi connectivity index (χ4v) is 1.33. The summed E-state index contributed by atoms with van der Waals surface area (Å²) in [5.74, 6) is 0.0427. The maximum atomic E-state index is 11.2. The van der Waals surface area contributed by atoms with E-state index in [1.807, 2.05) is 13.8 Å². The molecule has 1 amide bonds. The Balaban J connectivity index is 2.94. The third kappa shape index (κ3) is 2.10. The van der Waals surface area contributed by atoms with Crippen LogP contribution in [0.5, 0.6) is 0 Å². The van der Waals surface area contributed by atoms with Crippen LogP contribution in [0.2, 0.25) is 0 Å². The van der Waals surface area contributed by atoms with Crippen LogP contribution in [0.1, 0.15) is 29.9 Å². The van der Waals surface area contributed by atoms with Crippen molar-refractivity contribution in [3.63, 3.8) is 0 Å². The molecule has 0 fully saturated rings. The molecule has 1 N–H and O–H groups in total. The number of furan rings is 1. The van der Waals surface area contributed by atoms with Crippen LogP contribution in [0.3, 0.4) is 0 Å². The molecule has 1 heterocycles. The van der Waals surface area contributed by atoms with Gasteiger partial charge in [-0.2, -0.15) is 0 Å². The van der Waals surface area contributed by atoms with Gasteiger partial charge in [-0.05, 0) is 38.0 Å². The van der Waals surface area contributed by atoms with Crippen molar-refractivity contribution < 1.29 is 14.4 Å². The molecular formula is C11H15NO3.